The lowest BCUT2D eigenvalue weighted by molar-refractivity contribution is 1.08. The second kappa shape index (κ2) is 5.80. The van der Waals surface area contributed by atoms with Crippen molar-refractivity contribution >= 4 is 40.0 Å². The van der Waals surface area contributed by atoms with Gasteiger partial charge >= 0.3 is 0 Å². The fraction of sp³-hybridized carbons (Fsp3) is 0.0667. The average Bonchev–Trinajstić information content (AvgIpc) is 2.90. The molecule has 5 nitrogen and oxygen atoms in total. The van der Waals surface area contributed by atoms with Gasteiger partial charge in [-0.1, -0.05) is 30.3 Å². The van der Waals surface area contributed by atoms with Gasteiger partial charge < -0.3 is 10.3 Å². The molecule has 0 aliphatic carbocycles. The van der Waals surface area contributed by atoms with E-state index in [1.165, 1.54) is 0 Å². The highest BCUT2D eigenvalue weighted by molar-refractivity contribution is 7.80. The number of hydrogen-bond donors (Lipinski definition) is 4. The number of thiocarbonyl (C=S) groups is 1. The topological polar surface area (TPSA) is 64.8 Å². The monoisotopic (exact) mass is 297 g/mol. The van der Waals surface area contributed by atoms with Crippen LogP contribution in [0.3, 0.4) is 0 Å². The van der Waals surface area contributed by atoms with Gasteiger partial charge in [-0.25, -0.2) is 4.98 Å². The lowest BCUT2D eigenvalue weighted by Gasteiger charge is -2.12. The quantitative estimate of drug-likeness (QED) is 0.442. The van der Waals surface area contributed by atoms with Crippen LogP contribution in [0.25, 0.3) is 11.0 Å². The number of para-hydroxylation sites is 3. The second-order valence-corrected chi connectivity index (χ2v) is 5.03. The zero-order valence-corrected chi connectivity index (χ0v) is 12.3. The van der Waals surface area contributed by atoms with Crippen LogP contribution in [0, 0.1) is 6.92 Å². The first-order chi connectivity index (χ1) is 10.2. The van der Waals surface area contributed by atoms with Crippen molar-refractivity contribution in [2.24, 2.45) is 0 Å². The molecule has 0 radical (unpaired) electrons. The van der Waals surface area contributed by atoms with E-state index in [0.717, 1.165) is 22.3 Å². The number of nitrogens with one attached hydrogen (secondary N) is 4. The third-order valence-corrected chi connectivity index (χ3v) is 3.28. The molecule has 0 spiro atoms. The van der Waals surface area contributed by atoms with Gasteiger partial charge in [0, 0.05) is 5.69 Å². The van der Waals surface area contributed by atoms with Crippen LogP contribution in [-0.2, 0) is 0 Å². The first-order valence-electron chi connectivity index (χ1n) is 6.56. The van der Waals surface area contributed by atoms with Gasteiger partial charge in [0.15, 0.2) is 5.11 Å². The van der Waals surface area contributed by atoms with Gasteiger partial charge in [-0.15, -0.1) is 0 Å². The fourth-order valence-electron chi connectivity index (χ4n) is 1.99. The van der Waals surface area contributed by atoms with Crippen molar-refractivity contribution in [2.75, 3.05) is 10.7 Å². The van der Waals surface area contributed by atoms with E-state index in [1.807, 2.05) is 55.5 Å². The van der Waals surface area contributed by atoms with Crippen LogP contribution < -0.4 is 16.2 Å². The minimum atomic E-state index is 0.477. The SMILES string of the molecule is Cc1ccccc1NC(=S)NNc1nc2ccccc2[nH]1. The summed E-state index contributed by atoms with van der Waals surface area (Å²) in [7, 11) is 0. The molecular formula is C15H15N5S. The summed E-state index contributed by atoms with van der Waals surface area (Å²) in [5, 5.41) is 3.61. The Morgan fingerprint density at radius 3 is 2.67 bits per heavy atom. The number of benzene rings is 2. The molecule has 21 heavy (non-hydrogen) atoms. The van der Waals surface area contributed by atoms with Gasteiger partial charge in [0.25, 0.3) is 0 Å². The van der Waals surface area contributed by atoms with Gasteiger partial charge in [0.1, 0.15) is 0 Å². The molecule has 4 N–H and O–H groups in total. The maximum Gasteiger partial charge on any atom is 0.220 e. The molecule has 0 unspecified atom stereocenters. The first kappa shape index (κ1) is 13.4. The zero-order valence-electron chi connectivity index (χ0n) is 11.5. The molecule has 0 aliphatic rings. The number of hydrazine groups is 1. The summed E-state index contributed by atoms with van der Waals surface area (Å²) in [6.07, 6.45) is 0. The highest BCUT2D eigenvalue weighted by Gasteiger charge is 2.03. The number of aromatic nitrogens is 2. The van der Waals surface area contributed by atoms with E-state index < -0.39 is 0 Å². The Labute approximate surface area is 127 Å². The predicted octanol–water partition coefficient (Wildman–Crippen LogP) is 3.18. The van der Waals surface area contributed by atoms with Crippen molar-refractivity contribution in [3.8, 4) is 0 Å². The molecule has 2 aromatic carbocycles. The summed E-state index contributed by atoms with van der Waals surface area (Å²) in [6, 6.07) is 15.8. The number of nitrogens with zero attached hydrogens (tertiary/aromatic N) is 1. The van der Waals surface area contributed by atoms with Gasteiger partial charge in [-0.3, -0.25) is 10.9 Å². The van der Waals surface area contributed by atoms with E-state index in [0.29, 0.717) is 11.1 Å². The summed E-state index contributed by atoms with van der Waals surface area (Å²) < 4.78 is 0. The Bertz CT molecular complexity index is 747. The van der Waals surface area contributed by atoms with E-state index in [-0.39, 0.29) is 0 Å². The molecule has 0 saturated carbocycles. The van der Waals surface area contributed by atoms with Crippen molar-refractivity contribution < 1.29 is 0 Å². The van der Waals surface area contributed by atoms with Crippen LogP contribution in [0.4, 0.5) is 11.6 Å². The van der Waals surface area contributed by atoms with Crippen LogP contribution in [-0.4, -0.2) is 15.1 Å². The van der Waals surface area contributed by atoms with Gasteiger partial charge in [0.2, 0.25) is 5.95 Å². The molecule has 1 aromatic heterocycles. The Kier molecular flexibility index (Phi) is 3.70. The predicted molar refractivity (Wildman–Crippen MR) is 90.3 cm³/mol. The third kappa shape index (κ3) is 3.11. The molecule has 6 heteroatoms. The average molecular weight is 297 g/mol. The van der Waals surface area contributed by atoms with Crippen molar-refractivity contribution in [1.29, 1.82) is 0 Å². The van der Waals surface area contributed by atoms with E-state index in [4.69, 9.17) is 12.2 Å². The summed E-state index contributed by atoms with van der Waals surface area (Å²) in [5.74, 6) is 0.616. The number of imidazole rings is 1. The number of anilines is 2. The van der Waals surface area contributed by atoms with Crippen molar-refractivity contribution in [2.45, 2.75) is 6.92 Å². The van der Waals surface area contributed by atoms with Crippen molar-refractivity contribution in [3.05, 3.63) is 54.1 Å². The van der Waals surface area contributed by atoms with Crippen LogP contribution in [0.5, 0.6) is 0 Å². The van der Waals surface area contributed by atoms with E-state index in [2.05, 4.69) is 26.1 Å². The highest BCUT2D eigenvalue weighted by atomic mass is 32.1. The number of aromatic amines is 1. The van der Waals surface area contributed by atoms with Gasteiger partial charge in [-0.2, -0.15) is 0 Å². The molecule has 3 rings (SSSR count). The first-order valence-corrected chi connectivity index (χ1v) is 6.96. The molecular weight excluding hydrogens is 282 g/mol. The van der Waals surface area contributed by atoms with E-state index in [9.17, 15) is 0 Å². The molecule has 1 heterocycles. The molecule has 0 atom stereocenters. The largest absolute Gasteiger partial charge is 0.331 e. The van der Waals surface area contributed by atoms with Crippen molar-refractivity contribution in [3.63, 3.8) is 0 Å². The van der Waals surface area contributed by atoms with Crippen LogP contribution >= 0.6 is 12.2 Å². The molecule has 3 aromatic rings. The summed E-state index contributed by atoms with van der Waals surface area (Å²) in [6.45, 7) is 2.03. The number of hydrogen-bond acceptors (Lipinski definition) is 3. The summed E-state index contributed by atoms with van der Waals surface area (Å²) in [5.41, 5.74) is 9.84. The smallest absolute Gasteiger partial charge is 0.220 e. The van der Waals surface area contributed by atoms with Crippen LogP contribution in [0.1, 0.15) is 5.56 Å². The van der Waals surface area contributed by atoms with Crippen molar-refractivity contribution in [1.82, 2.24) is 15.4 Å². The molecule has 0 fully saturated rings. The maximum absolute atomic E-state index is 5.25. The minimum absolute atomic E-state index is 0.477. The molecule has 0 amide bonds. The second-order valence-electron chi connectivity index (χ2n) is 4.62. The Hall–Kier alpha value is -2.60. The van der Waals surface area contributed by atoms with Crippen LogP contribution in [0.15, 0.2) is 48.5 Å². The number of aryl methyl sites for hydroxylation is 1. The Morgan fingerprint density at radius 1 is 1.10 bits per heavy atom. The number of rotatable bonds is 3. The fourth-order valence-corrected chi connectivity index (χ4v) is 2.16. The van der Waals surface area contributed by atoms with E-state index >= 15 is 0 Å². The molecule has 0 bridgehead atoms. The highest BCUT2D eigenvalue weighted by Crippen LogP contribution is 2.14. The standard InChI is InChI=1S/C15H15N5S/c1-10-6-2-3-7-11(10)18-15(21)20-19-14-16-12-8-4-5-9-13(12)17-14/h2-9H,1H3,(H2,16,17,19)(H2,18,20,21). The van der Waals surface area contributed by atoms with E-state index in [1.54, 1.807) is 0 Å². The maximum atomic E-state index is 5.25. The lowest BCUT2D eigenvalue weighted by atomic mass is 10.2. The number of H-pyrrole nitrogens is 1. The normalized spacial score (nSPS) is 10.3. The molecule has 0 aliphatic heterocycles. The Morgan fingerprint density at radius 2 is 1.86 bits per heavy atom. The molecule has 106 valence electrons. The number of fused-ring (bicyclic) bond motifs is 1. The van der Waals surface area contributed by atoms with Crippen LogP contribution in [0.2, 0.25) is 0 Å². The van der Waals surface area contributed by atoms with Gasteiger partial charge in [-0.05, 0) is 42.9 Å². The lowest BCUT2D eigenvalue weighted by Crippen LogP contribution is -2.33. The molecule has 0 saturated heterocycles. The zero-order chi connectivity index (χ0) is 14.7. The third-order valence-electron chi connectivity index (χ3n) is 3.08. The minimum Gasteiger partial charge on any atom is -0.331 e. The Balaban J connectivity index is 1.62. The van der Waals surface area contributed by atoms with Gasteiger partial charge in [0.05, 0.1) is 11.0 Å². The summed E-state index contributed by atoms with van der Waals surface area (Å²) in [4.78, 5) is 7.55. The summed E-state index contributed by atoms with van der Waals surface area (Å²) >= 11 is 5.25.